The van der Waals surface area contributed by atoms with Crippen LogP contribution < -0.4 is 16.0 Å². The van der Waals surface area contributed by atoms with Crippen LogP contribution in [0.2, 0.25) is 0 Å². The van der Waals surface area contributed by atoms with Crippen molar-refractivity contribution in [2.75, 3.05) is 43.1 Å². The first-order valence-corrected chi connectivity index (χ1v) is 10.7. The van der Waals surface area contributed by atoms with Crippen LogP contribution >= 0.6 is 0 Å². The van der Waals surface area contributed by atoms with E-state index in [1.54, 1.807) is 11.0 Å². The number of hydrogen-bond donors (Lipinski definition) is 2. The van der Waals surface area contributed by atoms with E-state index < -0.39 is 23.7 Å². The van der Waals surface area contributed by atoms with E-state index >= 15 is 0 Å². The summed E-state index contributed by atoms with van der Waals surface area (Å²) in [4.78, 5) is 40.5. The predicted octanol–water partition coefficient (Wildman–Crippen LogP) is 2.38. The summed E-state index contributed by atoms with van der Waals surface area (Å²) in [5, 5.41) is 2.50. The third-order valence-corrected chi connectivity index (χ3v) is 4.75. The van der Waals surface area contributed by atoms with Gasteiger partial charge in [-0.1, -0.05) is 41.5 Å². The Morgan fingerprint density at radius 2 is 1.78 bits per heavy atom. The first-order chi connectivity index (χ1) is 14.7. The molecule has 1 heterocycles. The molecule has 0 aliphatic carbocycles. The number of anilines is 2. The normalized spacial score (nSPS) is 16.2. The van der Waals surface area contributed by atoms with Gasteiger partial charge in [-0.05, 0) is 29.0 Å². The molecule has 1 aromatic rings. The van der Waals surface area contributed by atoms with Crippen LogP contribution in [-0.4, -0.2) is 61.5 Å². The maximum atomic E-state index is 14.8. The highest BCUT2D eigenvalue weighted by molar-refractivity contribution is 6.09. The Labute approximate surface area is 189 Å². The van der Waals surface area contributed by atoms with Crippen molar-refractivity contribution < 1.29 is 23.5 Å². The summed E-state index contributed by atoms with van der Waals surface area (Å²) in [5.41, 5.74) is 5.51. The van der Waals surface area contributed by atoms with Gasteiger partial charge in [-0.25, -0.2) is 4.39 Å². The topological polar surface area (TPSA) is 105 Å². The molecule has 1 aliphatic rings. The zero-order valence-corrected chi connectivity index (χ0v) is 19.8. The molecule has 3 amide bonds. The highest BCUT2D eigenvalue weighted by atomic mass is 19.1. The van der Waals surface area contributed by atoms with E-state index in [2.05, 4.69) is 5.32 Å². The average molecular weight is 451 g/mol. The van der Waals surface area contributed by atoms with Crippen molar-refractivity contribution in [3.63, 3.8) is 0 Å². The molecule has 32 heavy (non-hydrogen) atoms. The van der Waals surface area contributed by atoms with Crippen molar-refractivity contribution in [3.8, 4) is 0 Å². The monoisotopic (exact) mass is 450 g/mol. The minimum Gasteiger partial charge on any atom is -0.370 e. The van der Waals surface area contributed by atoms with Crippen LogP contribution in [-0.2, 0) is 19.1 Å². The molecule has 0 radical (unpaired) electrons. The second kappa shape index (κ2) is 9.95. The third-order valence-electron chi connectivity index (χ3n) is 4.75. The Balaban J connectivity index is 2.26. The molecular weight excluding hydrogens is 415 g/mol. The lowest BCUT2D eigenvalue weighted by atomic mass is 9.90. The minimum atomic E-state index is -1.26. The summed E-state index contributed by atoms with van der Waals surface area (Å²) in [6.45, 7) is 13.6. The summed E-state index contributed by atoms with van der Waals surface area (Å²) in [6, 6.07) is 2.85. The number of primary amides is 1. The second-order valence-electron chi connectivity index (χ2n) is 10.6. The molecule has 0 spiro atoms. The SMILES string of the molecule is CC(C)(C)CN(CC(C)(C)C)[C@@H](C(N)=O)C(=O)Nc1ccc(N2CCOCC2=O)cc1F. The van der Waals surface area contributed by atoms with E-state index in [-0.39, 0.29) is 29.0 Å². The number of amides is 3. The second-order valence-corrected chi connectivity index (χ2v) is 10.6. The fraction of sp³-hybridized carbons (Fsp3) is 0.609. The number of nitrogens with one attached hydrogen (secondary N) is 1. The lowest BCUT2D eigenvalue weighted by molar-refractivity contribution is -0.133. The van der Waals surface area contributed by atoms with Crippen LogP contribution in [0.1, 0.15) is 41.5 Å². The molecule has 0 aromatic heterocycles. The maximum absolute atomic E-state index is 14.8. The number of nitrogens with two attached hydrogens (primary N) is 1. The van der Waals surface area contributed by atoms with Crippen LogP contribution in [0.25, 0.3) is 0 Å². The van der Waals surface area contributed by atoms with E-state index in [0.29, 0.717) is 31.9 Å². The van der Waals surface area contributed by atoms with E-state index in [1.165, 1.54) is 17.0 Å². The van der Waals surface area contributed by atoms with Crippen molar-refractivity contribution in [1.29, 1.82) is 0 Å². The highest BCUT2D eigenvalue weighted by Crippen LogP contribution is 2.26. The lowest BCUT2D eigenvalue weighted by Crippen LogP contribution is -2.56. The molecule has 2 rings (SSSR count). The molecule has 9 heteroatoms. The van der Waals surface area contributed by atoms with Gasteiger partial charge in [0, 0.05) is 25.3 Å². The van der Waals surface area contributed by atoms with E-state index in [0.717, 1.165) is 0 Å². The molecule has 8 nitrogen and oxygen atoms in total. The van der Waals surface area contributed by atoms with Crippen molar-refractivity contribution in [2.24, 2.45) is 16.6 Å². The number of carbonyl (C=O) groups excluding carboxylic acids is 3. The molecule has 1 saturated heterocycles. The number of ether oxygens (including phenoxy) is 1. The zero-order chi connectivity index (χ0) is 24.3. The van der Waals surface area contributed by atoms with E-state index in [1.807, 2.05) is 41.5 Å². The molecule has 0 unspecified atom stereocenters. The summed E-state index contributed by atoms with van der Waals surface area (Å²) < 4.78 is 19.9. The molecule has 3 N–H and O–H groups in total. The smallest absolute Gasteiger partial charge is 0.253 e. The van der Waals surface area contributed by atoms with E-state index in [4.69, 9.17) is 10.5 Å². The lowest BCUT2D eigenvalue weighted by Gasteiger charge is -2.38. The maximum Gasteiger partial charge on any atom is 0.253 e. The largest absolute Gasteiger partial charge is 0.370 e. The van der Waals surface area contributed by atoms with E-state index in [9.17, 15) is 18.8 Å². The van der Waals surface area contributed by atoms with Gasteiger partial charge < -0.3 is 20.7 Å². The zero-order valence-electron chi connectivity index (χ0n) is 19.8. The molecule has 0 bridgehead atoms. The molecule has 1 aliphatic heterocycles. The Kier molecular flexibility index (Phi) is 8.01. The Morgan fingerprint density at radius 3 is 2.25 bits per heavy atom. The van der Waals surface area contributed by atoms with Crippen LogP contribution in [0.4, 0.5) is 15.8 Å². The molecule has 1 atom stereocenters. The average Bonchev–Trinajstić information content (AvgIpc) is 2.61. The van der Waals surface area contributed by atoms with Gasteiger partial charge in [0.25, 0.3) is 11.8 Å². The number of rotatable bonds is 7. The molecule has 178 valence electrons. The number of halogens is 1. The fourth-order valence-corrected chi connectivity index (χ4v) is 3.70. The summed E-state index contributed by atoms with van der Waals surface area (Å²) in [5.74, 6) is -2.47. The van der Waals surface area contributed by atoms with Crippen molar-refractivity contribution >= 4 is 29.1 Å². The van der Waals surface area contributed by atoms with Crippen LogP contribution in [0.3, 0.4) is 0 Å². The number of morpholine rings is 1. The van der Waals surface area contributed by atoms with Gasteiger partial charge in [-0.15, -0.1) is 0 Å². The minimum absolute atomic E-state index is 0.0578. The molecule has 1 aromatic carbocycles. The quantitative estimate of drug-likeness (QED) is 0.621. The first-order valence-electron chi connectivity index (χ1n) is 10.7. The fourth-order valence-electron chi connectivity index (χ4n) is 3.70. The Hall–Kier alpha value is -2.52. The summed E-state index contributed by atoms with van der Waals surface area (Å²) >= 11 is 0. The summed E-state index contributed by atoms with van der Waals surface area (Å²) in [7, 11) is 0. The van der Waals surface area contributed by atoms with Gasteiger partial charge in [-0.3, -0.25) is 19.3 Å². The van der Waals surface area contributed by atoms with Gasteiger partial charge in [0.05, 0.1) is 12.3 Å². The third kappa shape index (κ3) is 7.27. The van der Waals surface area contributed by atoms with Gasteiger partial charge in [-0.2, -0.15) is 0 Å². The number of nitrogens with zero attached hydrogens (tertiary/aromatic N) is 2. The number of benzene rings is 1. The van der Waals surface area contributed by atoms with Crippen LogP contribution in [0.15, 0.2) is 18.2 Å². The standard InChI is InChI=1S/C23H35FN4O4/c1-22(2,3)13-27(14-23(4,5)6)19(20(25)30)21(31)26-17-8-7-15(11-16(17)24)28-9-10-32-12-18(28)29/h7-8,11,19H,9-10,12-14H2,1-6H3,(H2,25,30)(H,26,31)/t19-/m0/s1. The Bertz CT molecular complexity index is 845. The molecule has 0 saturated carbocycles. The van der Waals surface area contributed by atoms with Crippen LogP contribution in [0.5, 0.6) is 0 Å². The van der Waals surface area contributed by atoms with Crippen molar-refractivity contribution in [1.82, 2.24) is 4.90 Å². The van der Waals surface area contributed by atoms with Crippen molar-refractivity contribution in [3.05, 3.63) is 24.0 Å². The highest BCUT2D eigenvalue weighted by Gasteiger charge is 2.36. The van der Waals surface area contributed by atoms with Gasteiger partial charge in [0.2, 0.25) is 5.91 Å². The van der Waals surface area contributed by atoms with Gasteiger partial charge >= 0.3 is 0 Å². The Morgan fingerprint density at radius 1 is 1.19 bits per heavy atom. The molecule has 1 fully saturated rings. The van der Waals surface area contributed by atoms with Crippen molar-refractivity contribution in [2.45, 2.75) is 47.6 Å². The number of hydrogen-bond acceptors (Lipinski definition) is 5. The summed E-state index contributed by atoms with van der Waals surface area (Å²) in [6.07, 6.45) is 0. The molecular formula is C23H35FN4O4. The number of carbonyl (C=O) groups is 3. The first kappa shape index (κ1) is 25.7. The van der Waals surface area contributed by atoms with Crippen LogP contribution in [0, 0.1) is 16.6 Å². The van der Waals surface area contributed by atoms with Gasteiger partial charge in [0.1, 0.15) is 12.4 Å². The van der Waals surface area contributed by atoms with Gasteiger partial charge in [0.15, 0.2) is 6.04 Å². The predicted molar refractivity (Wildman–Crippen MR) is 122 cm³/mol.